The number of carbonyl (C=O) groups is 1. The van der Waals surface area contributed by atoms with Crippen LogP contribution < -0.4 is 5.32 Å². The molecule has 0 radical (unpaired) electrons. The lowest BCUT2D eigenvalue weighted by Crippen LogP contribution is -2.21. The van der Waals surface area contributed by atoms with Gasteiger partial charge in [-0.2, -0.15) is 0 Å². The van der Waals surface area contributed by atoms with E-state index in [1.165, 1.54) is 18.7 Å². The summed E-state index contributed by atoms with van der Waals surface area (Å²) in [5.41, 5.74) is 0. The molecule has 5 nitrogen and oxygen atoms in total. The SMILES string of the molecule is CC(=O)NCCCSC(Cl)=C[N+](=O)[O-]. The molecular weight excluding hydrogens is 228 g/mol. The van der Waals surface area contributed by atoms with E-state index in [0.29, 0.717) is 12.3 Å². The van der Waals surface area contributed by atoms with E-state index >= 15 is 0 Å². The highest BCUT2D eigenvalue weighted by molar-refractivity contribution is 8.04. The Kier molecular flexibility index (Phi) is 7.23. The Morgan fingerprint density at radius 1 is 1.71 bits per heavy atom. The molecule has 1 amide bonds. The van der Waals surface area contributed by atoms with Gasteiger partial charge in [-0.25, -0.2) is 0 Å². The van der Waals surface area contributed by atoms with Gasteiger partial charge in [-0.1, -0.05) is 11.6 Å². The van der Waals surface area contributed by atoms with Crippen molar-refractivity contribution in [3.8, 4) is 0 Å². The van der Waals surface area contributed by atoms with E-state index in [2.05, 4.69) is 5.32 Å². The number of nitro groups is 1. The minimum Gasteiger partial charge on any atom is -0.356 e. The summed E-state index contributed by atoms with van der Waals surface area (Å²) in [5.74, 6) is 0.561. The summed E-state index contributed by atoms with van der Waals surface area (Å²) < 4.78 is 0.151. The van der Waals surface area contributed by atoms with Crippen LogP contribution in [-0.2, 0) is 4.79 Å². The van der Waals surface area contributed by atoms with Crippen LogP contribution in [0.3, 0.4) is 0 Å². The van der Waals surface area contributed by atoms with E-state index in [4.69, 9.17) is 11.6 Å². The molecule has 0 fully saturated rings. The zero-order chi connectivity index (χ0) is 11.0. The standard InChI is InChI=1S/C7H11ClN2O3S/c1-6(11)9-3-2-4-14-7(8)5-10(12)13/h5H,2-4H2,1H3,(H,9,11). The van der Waals surface area contributed by atoms with Crippen LogP contribution >= 0.6 is 23.4 Å². The fraction of sp³-hybridized carbons (Fsp3) is 0.571. The zero-order valence-electron chi connectivity index (χ0n) is 7.66. The third kappa shape index (κ3) is 9.34. The summed E-state index contributed by atoms with van der Waals surface area (Å²) in [6.07, 6.45) is 1.48. The van der Waals surface area contributed by atoms with Crippen LogP contribution in [0.15, 0.2) is 10.6 Å². The second kappa shape index (κ2) is 7.64. The van der Waals surface area contributed by atoms with E-state index in [-0.39, 0.29) is 10.3 Å². The number of carbonyl (C=O) groups excluding carboxylic acids is 1. The molecule has 0 saturated carbocycles. The lowest BCUT2D eigenvalue weighted by Gasteiger charge is -2.00. The third-order valence-corrected chi connectivity index (χ3v) is 2.44. The van der Waals surface area contributed by atoms with Gasteiger partial charge in [0.05, 0.1) is 4.92 Å². The second-order valence-electron chi connectivity index (χ2n) is 2.40. The minimum absolute atomic E-state index is 0.0815. The predicted molar refractivity (Wildman–Crippen MR) is 56.7 cm³/mol. The molecule has 0 aliphatic carbocycles. The largest absolute Gasteiger partial charge is 0.356 e. The number of rotatable bonds is 6. The summed E-state index contributed by atoms with van der Waals surface area (Å²) in [6, 6.07) is 0. The van der Waals surface area contributed by atoms with E-state index in [0.717, 1.165) is 12.6 Å². The molecule has 7 heteroatoms. The molecule has 0 saturated heterocycles. The first-order valence-corrected chi connectivity index (χ1v) is 5.27. The maximum Gasteiger partial charge on any atom is 0.259 e. The molecule has 0 atom stereocenters. The highest BCUT2D eigenvalue weighted by Crippen LogP contribution is 2.19. The molecule has 0 aromatic carbocycles. The maximum atomic E-state index is 10.4. The molecule has 0 aliphatic heterocycles. The first-order valence-electron chi connectivity index (χ1n) is 3.90. The quantitative estimate of drug-likeness (QED) is 0.433. The molecule has 0 unspecified atom stereocenters. The fourth-order valence-corrected chi connectivity index (χ4v) is 1.58. The average Bonchev–Trinajstić information content (AvgIpc) is 2.01. The van der Waals surface area contributed by atoms with Crippen molar-refractivity contribution in [2.45, 2.75) is 13.3 Å². The monoisotopic (exact) mass is 238 g/mol. The molecular formula is C7H11ClN2O3S. The third-order valence-electron chi connectivity index (χ3n) is 1.14. The van der Waals surface area contributed by atoms with Crippen molar-refractivity contribution in [1.29, 1.82) is 0 Å². The lowest BCUT2D eigenvalue weighted by atomic mass is 10.5. The summed E-state index contributed by atoms with van der Waals surface area (Å²) >= 11 is 6.70. The molecule has 0 spiro atoms. The van der Waals surface area contributed by atoms with Crippen LogP contribution in [0.4, 0.5) is 0 Å². The van der Waals surface area contributed by atoms with E-state index in [1.807, 2.05) is 0 Å². The van der Waals surface area contributed by atoms with Crippen LogP contribution in [0.25, 0.3) is 0 Å². The van der Waals surface area contributed by atoms with Gasteiger partial charge in [0.2, 0.25) is 5.91 Å². The smallest absolute Gasteiger partial charge is 0.259 e. The van der Waals surface area contributed by atoms with Gasteiger partial charge in [-0.15, -0.1) is 11.8 Å². The van der Waals surface area contributed by atoms with Crippen LogP contribution in [0.5, 0.6) is 0 Å². The van der Waals surface area contributed by atoms with Crippen molar-refractivity contribution in [3.05, 3.63) is 20.7 Å². The van der Waals surface area contributed by atoms with Crippen molar-refractivity contribution in [1.82, 2.24) is 5.32 Å². The maximum absolute atomic E-state index is 10.4. The van der Waals surface area contributed by atoms with E-state index < -0.39 is 4.92 Å². The Bertz CT molecular complexity index is 245. The number of amides is 1. The first-order chi connectivity index (χ1) is 6.52. The Hall–Kier alpha value is -0.750. The summed E-state index contributed by atoms with van der Waals surface area (Å²) in [6.45, 7) is 2.00. The van der Waals surface area contributed by atoms with E-state index in [1.54, 1.807) is 0 Å². The van der Waals surface area contributed by atoms with E-state index in [9.17, 15) is 14.9 Å². The Labute approximate surface area is 91.0 Å². The number of hydrogen-bond donors (Lipinski definition) is 1. The molecule has 80 valence electrons. The number of nitrogens with zero attached hydrogens (tertiary/aromatic N) is 1. The van der Waals surface area contributed by atoms with Crippen LogP contribution in [0.1, 0.15) is 13.3 Å². The van der Waals surface area contributed by atoms with Gasteiger partial charge in [-0.3, -0.25) is 14.9 Å². The van der Waals surface area contributed by atoms with Crippen molar-refractivity contribution >= 4 is 29.3 Å². The molecule has 14 heavy (non-hydrogen) atoms. The second-order valence-corrected chi connectivity index (χ2v) is 4.17. The fourth-order valence-electron chi connectivity index (χ4n) is 0.626. The predicted octanol–water partition coefficient (Wildman–Crippen LogP) is 1.56. The molecule has 0 heterocycles. The van der Waals surface area contributed by atoms with Gasteiger partial charge in [-0.05, 0) is 6.42 Å². The van der Waals surface area contributed by atoms with Gasteiger partial charge in [0.15, 0.2) is 0 Å². The van der Waals surface area contributed by atoms with Gasteiger partial charge >= 0.3 is 0 Å². The summed E-state index contributed by atoms with van der Waals surface area (Å²) in [4.78, 5) is 19.8. The number of halogens is 1. The van der Waals surface area contributed by atoms with Crippen LogP contribution in [-0.4, -0.2) is 23.1 Å². The number of thioether (sulfide) groups is 1. The summed E-state index contributed by atoms with van der Waals surface area (Å²) in [7, 11) is 0. The Morgan fingerprint density at radius 3 is 2.86 bits per heavy atom. The van der Waals surface area contributed by atoms with Crippen molar-refractivity contribution in [2.24, 2.45) is 0 Å². The van der Waals surface area contributed by atoms with Crippen molar-refractivity contribution in [3.63, 3.8) is 0 Å². The molecule has 1 N–H and O–H groups in total. The normalized spacial score (nSPS) is 11.1. The van der Waals surface area contributed by atoms with Crippen LogP contribution in [0.2, 0.25) is 0 Å². The van der Waals surface area contributed by atoms with Gasteiger partial charge in [0, 0.05) is 19.2 Å². The number of hydrogen-bond acceptors (Lipinski definition) is 4. The zero-order valence-corrected chi connectivity index (χ0v) is 9.23. The lowest BCUT2D eigenvalue weighted by molar-refractivity contribution is -0.402. The van der Waals surface area contributed by atoms with Gasteiger partial charge in [0.25, 0.3) is 6.20 Å². The van der Waals surface area contributed by atoms with Crippen molar-refractivity contribution < 1.29 is 9.72 Å². The van der Waals surface area contributed by atoms with Crippen LogP contribution in [0, 0.1) is 10.1 Å². The minimum atomic E-state index is -0.594. The molecule has 0 rings (SSSR count). The molecule has 0 aromatic rings. The highest BCUT2D eigenvalue weighted by atomic mass is 35.5. The van der Waals surface area contributed by atoms with Gasteiger partial charge < -0.3 is 5.32 Å². The summed E-state index contributed by atoms with van der Waals surface area (Å²) in [5, 5.41) is 12.6. The van der Waals surface area contributed by atoms with Gasteiger partial charge in [0.1, 0.15) is 4.36 Å². The molecule has 0 aliphatic rings. The molecule has 0 bridgehead atoms. The van der Waals surface area contributed by atoms with Crippen molar-refractivity contribution in [2.75, 3.05) is 12.3 Å². The topological polar surface area (TPSA) is 72.2 Å². The molecule has 0 aromatic heterocycles. The Morgan fingerprint density at radius 2 is 2.36 bits per heavy atom. The first kappa shape index (κ1) is 13.2. The highest BCUT2D eigenvalue weighted by Gasteiger charge is 1.99. The Balaban J connectivity index is 3.45. The average molecular weight is 239 g/mol. The number of nitrogens with one attached hydrogen (secondary N) is 1.